The molecule has 0 atom stereocenters. The topological polar surface area (TPSA) is 53.1 Å². The Morgan fingerprint density at radius 3 is 2.95 bits per heavy atom. The fourth-order valence-electron chi connectivity index (χ4n) is 1.78. The molecule has 1 aromatic heterocycles. The highest BCUT2D eigenvalue weighted by Gasteiger charge is 2.06. The maximum absolute atomic E-state index is 11.4. The van der Waals surface area contributed by atoms with Crippen molar-refractivity contribution in [3.05, 3.63) is 27.4 Å². The molecule has 1 heterocycles. The average molecular weight is 343 g/mol. The van der Waals surface area contributed by atoms with Gasteiger partial charge in [-0.1, -0.05) is 15.9 Å². The van der Waals surface area contributed by atoms with Crippen LogP contribution in [0.4, 0.5) is 4.79 Å². The SMILES string of the molecule is CN(C)C(=O)NCCn1c(=S)[nH]c2ccc(Br)cc21. The van der Waals surface area contributed by atoms with Crippen molar-refractivity contribution in [3.63, 3.8) is 0 Å². The second-order valence-corrected chi connectivity index (χ2v) is 5.67. The Morgan fingerprint density at radius 2 is 2.26 bits per heavy atom. The molecule has 2 rings (SSSR count). The summed E-state index contributed by atoms with van der Waals surface area (Å²) >= 11 is 8.74. The number of benzene rings is 1. The number of aromatic nitrogens is 2. The Balaban J connectivity index is 2.16. The summed E-state index contributed by atoms with van der Waals surface area (Å²) in [6, 6.07) is 5.85. The molecule has 5 nitrogen and oxygen atoms in total. The van der Waals surface area contributed by atoms with Crippen molar-refractivity contribution >= 4 is 45.2 Å². The van der Waals surface area contributed by atoms with Crippen LogP contribution in [-0.4, -0.2) is 41.1 Å². The van der Waals surface area contributed by atoms with E-state index in [1.165, 1.54) is 4.90 Å². The zero-order chi connectivity index (χ0) is 14.0. The van der Waals surface area contributed by atoms with Crippen molar-refractivity contribution in [2.45, 2.75) is 6.54 Å². The number of urea groups is 1. The summed E-state index contributed by atoms with van der Waals surface area (Å²) in [5, 5.41) is 2.82. The number of fused-ring (bicyclic) bond motifs is 1. The first-order chi connectivity index (χ1) is 8.99. The molecule has 19 heavy (non-hydrogen) atoms. The third kappa shape index (κ3) is 3.16. The zero-order valence-electron chi connectivity index (χ0n) is 10.7. The van der Waals surface area contributed by atoms with E-state index in [-0.39, 0.29) is 6.03 Å². The van der Waals surface area contributed by atoms with Crippen LogP contribution in [0.15, 0.2) is 22.7 Å². The highest BCUT2D eigenvalue weighted by atomic mass is 79.9. The number of rotatable bonds is 3. The van der Waals surface area contributed by atoms with Gasteiger partial charge in [-0.05, 0) is 30.4 Å². The molecule has 7 heteroatoms. The van der Waals surface area contributed by atoms with Crippen molar-refractivity contribution < 1.29 is 4.79 Å². The third-order valence-electron chi connectivity index (χ3n) is 2.76. The second kappa shape index (κ2) is 5.75. The molecule has 0 spiro atoms. The molecule has 0 aliphatic rings. The fourth-order valence-corrected chi connectivity index (χ4v) is 2.43. The minimum atomic E-state index is -0.104. The largest absolute Gasteiger partial charge is 0.336 e. The van der Waals surface area contributed by atoms with E-state index < -0.39 is 0 Å². The number of halogens is 1. The number of nitrogens with zero attached hydrogens (tertiary/aromatic N) is 2. The quantitative estimate of drug-likeness (QED) is 0.842. The van der Waals surface area contributed by atoms with Crippen LogP contribution in [0, 0.1) is 4.77 Å². The van der Waals surface area contributed by atoms with Crippen molar-refractivity contribution in [1.29, 1.82) is 0 Å². The summed E-state index contributed by atoms with van der Waals surface area (Å²) in [7, 11) is 3.42. The lowest BCUT2D eigenvalue weighted by Crippen LogP contribution is -2.36. The number of aromatic amines is 1. The Kier molecular flexibility index (Phi) is 4.26. The number of carbonyl (C=O) groups excluding carboxylic acids is 1. The molecule has 2 amide bonds. The van der Waals surface area contributed by atoms with Gasteiger partial charge in [0, 0.05) is 31.7 Å². The number of amides is 2. The number of nitrogens with one attached hydrogen (secondary N) is 2. The Bertz CT molecular complexity index is 661. The van der Waals surface area contributed by atoms with Crippen LogP contribution in [-0.2, 0) is 6.54 Å². The normalized spacial score (nSPS) is 10.7. The summed E-state index contributed by atoms with van der Waals surface area (Å²) in [5.41, 5.74) is 2.02. The number of carbonyl (C=O) groups is 1. The highest BCUT2D eigenvalue weighted by molar-refractivity contribution is 9.10. The van der Waals surface area contributed by atoms with Gasteiger partial charge in [-0.15, -0.1) is 0 Å². The maximum Gasteiger partial charge on any atom is 0.316 e. The van der Waals surface area contributed by atoms with Crippen LogP contribution in [0.3, 0.4) is 0 Å². The van der Waals surface area contributed by atoms with E-state index in [4.69, 9.17) is 12.2 Å². The third-order valence-corrected chi connectivity index (χ3v) is 3.57. The lowest BCUT2D eigenvalue weighted by atomic mass is 10.3. The van der Waals surface area contributed by atoms with Gasteiger partial charge < -0.3 is 19.8 Å². The smallest absolute Gasteiger partial charge is 0.316 e. The van der Waals surface area contributed by atoms with E-state index >= 15 is 0 Å². The molecular formula is C12H15BrN4OS. The molecular weight excluding hydrogens is 328 g/mol. The summed E-state index contributed by atoms with van der Waals surface area (Å²) in [4.78, 5) is 16.1. The lowest BCUT2D eigenvalue weighted by molar-refractivity contribution is 0.217. The first kappa shape index (κ1) is 14.1. The molecule has 2 aromatic rings. The molecule has 0 unspecified atom stereocenters. The van der Waals surface area contributed by atoms with Crippen LogP contribution in [0.1, 0.15) is 0 Å². The predicted molar refractivity (Wildman–Crippen MR) is 81.9 cm³/mol. The van der Waals surface area contributed by atoms with Gasteiger partial charge in [0.1, 0.15) is 0 Å². The first-order valence-corrected chi connectivity index (χ1v) is 7.02. The molecule has 1 aromatic carbocycles. The van der Waals surface area contributed by atoms with Crippen molar-refractivity contribution in [3.8, 4) is 0 Å². The Hall–Kier alpha value is -1.34. The highest BCUT2D eigenvalue weighted by Crippen LogP contribution is 2.19. The molecule has 0 saturated heterocycles. The van der Waals surface area contributed by atoms with E-state index in [0.717, 1.165) is 15.5 Å². The molecule has 0 aliphatic heterocycles. The Morgan fingerprint density at radius 1 is 1.53 bits per heavy atom. The maximum atomic E-state index is 11.4. The number of hydrogen-bond acceptors (Lipinski definition) is 2. The number of hydrogen-bond donors (Lipinski definition) is 2. The number of imidazole rings is 1. The first-order valence-electron chi connectivity index (χ1n) is 5.82. The van der Waals surface area contributed by atoms with Crippen LogP contribution < -0.4 is 5.32 Å². The van der Waals surface area contributed by atoms with Crippen LogP contribution in [0.25, 0.3) is 11.0 Å². The van der Waals surface area contributed by atoms with Crippen LogP contribution in [0.2, 0.25) is 0 Å². The van der Waals surface area contributed by atoms with Gasteiger partial charge in [-0.25, -0.2) is 4.79 Å². The van der Waals surface area contributed by atoms with Gasteiger partial charge in [-0.2, -0.15) is 0 Å². The van der Waals surface area contributed by atoms with Gasteiger partial charge in [0.25, 0.3) is 0 Å². The van der Waals surface area contributed by atoms with Gasteiger partial charge >= 0.3 is 6.03 Å². The zero-order valence-corrected chi connectivity index (χ0v) is 13.1. The van der Waals surface area contributed by atoms with Gasteiger partial charge in [-0.3, -0.25) is 0 Å². The average Bonchev–Trinajstić information content (AvgIpc) is 2.65. The van der Waals surface area contributed by atoms with E-state index in [0.29, 0.717) is 17.9 Å². The van der Waals surface area contributed by atoms with Crippen LogP contribution in [0.5, 0.6) is 0 Å². The molecule has 0 bridgehead atoms. The van der Waals surface area contributed by atoms with Crippen molar-refractivity contribution in [2.24, 2.45) is 0 Å². The lowest BCUT2D eigenvalue weighted by Gasteiger charge is -2.12. The molecule has 0 saturated carbocycles. The van der Waals surface area contributed by atoms with E-state index in [9.17, 15) is 4.79 Å². The monoisotopic (exact) mass is 342 g/mol. The van der Waals surface area contributed by atoms with E-state index in [1.54, 1.807) is 14.1 Å². The van der Waals surface area contributed by atoms with Gasteiger partial charge in [0.15, 0.2) is 4.77 Å². The summed E-state index contributed by atoms with van der Waals surface area (Å²) in [6.07, 6.45) is 0. The second-order valence-electron chi connectivity index (χ2n) is 4.37. The molecule has 0 radical (unpaired) electrons. The van der Waals surface area contributed by atoms with E-state index in [2.05, 4.69) is 26.2 Å². The van der Waals surface area contributed by atoms with Crippen LogP contribution >= 0.6 is 28.1 Å². The number of H-pyrrole nitrogens is 1. The minimum absolute atomic E-state index is 0.104. The summed E-state index contributed by atoms with van der Waals surface area (Å²) in [6.45, 7) is 1.17. The predicted octanol–water partition coefficient (Wildman–Crippen LogP) is 2.73. The van der Waals surface area contributed by atoms with Crippen molar-refractivity contribution in [2.75, 3.05) is 20.6 Å². The van der Waals surface area contributed by atoms with Crippen molar-refractivity contribution in [1.82, 2.24) is 19.8 Å². The molecule has 102 valence electrons. The summed E-state index contributed by atoms with van der Waals surface area (Å²) in [5.74, 6) is 0. The minimum Gasteiger partial charge on any atom is -0.336 e. The Labute approximate surface area is 124 Å². The van der Waals surface area contributed by atoms with Gasteiger partial charge in [0.05, 0.1) is 11.0 Å². The fraction of sp³-hybridized carbons (Fsp3) is 0.333. The molecule has 0 aliphatic carbocycles. The van der Waals surface area contributed by atoms with E-state index in [1.807, 2.05) is 22.8 Å². The molecule has 2 N–H and O–H groups in total. The standard InChI is InChI=1S/C12H15BrN4OS/c1-16(2)11(18)14-5-6-17-10-7-8(13)3-4-9(10)15-12(17)19/h3-4,7H,5-6H2,1-2H3,(H,14,18)(H,15,19). The summed E-state index contributed by atoms with van der Waals surface area (Å²) < 4.78 is 3.64. The van der Waals surface area contributed by atoms with Gasteiger partial charge in [0.2, 0.25) is 0 Å². The molecule has 0 fully saturated rings.